The van der Waals surface area contributed by atoms with Gasteiger partial charge >= 0.3 is 0 Å². The predicted octanol–water partition coefficient (Wildman–Crippen LogP) is 3.50. The third-order valence-corrected chi connectivity index (χ3v) is 4.91. The summed E-state index contributed by atoms with van der Waals surface area (Å²) in [5, 5.41) is 16.2. The van der Waals surface area contributed by atoms with Gasteiger partial charge in [0.15, 0.2) is 11.5 Å². The second-order valence-electron chi connectivity index (χ2n) is 6.00. The average molecular weight is 461 g/mol. The smallest absolute Gasteiger partial charge is 0.277 e. The van der Waals surface area contributed by atoms with Gasteiger partial charge < -0.3 is 5.32 Å². The Morgan fingerprint density at radius 2 is 1.93 bits per heavy atom. The first-order chi connectivity index (χ1) is 13.6. The Labute approximate surface area is 173 Å². The van der Waals surface area contributed by atoms with E-state index in [1.165, 1.54) is 0 Å². The maximum absolute atomic E-state index is 12.5. The Morgan fingerprint density at radius 3 is 2.71 bits per heavy atom. The molecule has 8 nitrogen and oxygen atoms in total. The number of hydrogen-bond acceptors (Lipinski definition) is 4. The van der Waals surface area contributed by atoms with Crippen molar-refractivity contribution in [1.29, 1.82) is 0 Å². The number of carbonyl (C=O) groups excluding carboxylic acids is 1. The van der Waals surface area contributed by atoms with Crippen LogP contribution in [0.25, 0.3) is 0 Å². The zero-order valence-corrected chi connectivity index (χ0v) is 16.9. The summed E-state index contributed by atoms with van der Waals surface area (Å²) in [6, 6.07) is 11.0. The van der Waals surface area contributed by atoms with Gasteiger partial charge in [0.1, 0.15) is 6.67 Å². The molecule has 4 aromatic rings. The number of anilines is 1. The summed E-state index contributed by atoms with van der Waals surface area (Å²) in [5.74, 6) is 0.0709. The molecule has 3 aromatic heterocycles. The summed E-state index contributed by atoms with van der Waals surface area (Å²) < 4.78 is 5.72. The van der Waals surface area contributed by atoms with Crippen LogP contribution in [-0.4, -0.2) is 35.2 Å². The fraction of sp³-hybridized carbons (Fsp3) is 0.111. The first kappa shape index (κ1) is 18.5. The van der Waals surface area contributed by atoms with Crippen molar-refractivity contribution < 1.29 is 4.79 Å². The van der Waals surface area contributed by atoms with Gasteiger partial charge in [0.2, 0.25) is 0 Å². The lowest BCUT2D eigenvalue weighted by Crippen LogP contribution is -2.15. The van der Waals surface area contributed by atoms with E-state index in [0.717, 1.165) is 5.56 Å². The molecule has 28 heavy (non-hydrogen) atoms. The zero-order chi connectivity index (χ0) is 19.5. The maximum Gasteiger partial charge on any atom is 0.277 e. The van der Waals surface area contributed by atoms with Gasteiger partial charge in [-0.15, -0.1) is 0 Å². The molecule has 0 saturated carbocycles. The van der Waals surface area contributed by atoms with Crippen molar-refractivity contribution >= 4 is 39.3 Å². The van der Waals surface area contributed by atoms with Crippen LogP contribution in [0.1, 0.15) is 16.1 Å². The van der Waals surface area contributed by atoms with Gasteiger partial charge in [-0.3, -0.25) is 18.8 Å². The molecular weight excluding hydrogens is 446 g/mol. The van der Waals surface area contributed by atoms with E-state index in [4.69, 9.17) is 11.6 Å². The molecule has 0 aliphatic heterocycles. The molecule has 0 aliphatic rings. The lowest BCUT2D eigenvalue weighted by atomic mass is 10.2. The Morgan fingerprint density at radius 1 is 1.07 bits per heavy atom. The number of benzene rings is 1. The van der Waals surface area contributed by atoms with Crippen LogP contribution in [0.5, 0.6) is 0 Å². The van der Waals surface area contributed by atoms with E-state index in [1.807, 2.05) is 36.5 Å². The van der Waals surface area contributed by atoms with Crippen molar-refractivity contribution in [3.63, 3.8) is 0 Å². The number of nitrogens with one attached hydrogen (secondary N) is 1. The summed E-state index contributed by atoms with van der Waals surface area (Å²) in [6.07, 6.45) is 7.02. The Hall–Kier alpha value is -2.91. The van der Waals surface area contributed by atoms with Crippen molar-refractivity contribution in [3.05, 3.63) is 81.9 Å². The second-order valence-corrected chi connectivity index (χ2v) is 7.26. The number of aromatic nitrogens is 6. The SMILES string of the molecule is O=C(Nc1nn(Cc2ccccc2Cl)cc1Br)c1ccn(Cn2cccn2)n1. The minimum absolute atomic E-state index is 0.291. The van der Waals surface area contributed by atoms with Gasteiger partial charge in [-0.25, -0.2) is 0 Å². The molecule has 0 atom stereocenters. The van der Waals surface area contributed by atoms with Crippen LogP contribution in [0.2, 0.25) is 5.02 Å². The average Bonchev–Trinajstić information content (AvgIpc) is 3.41. The van der Waals surface area contributed by atoms with E-state index >= 15 is 0 Å². The minimum Gasteiger partial charge on any atom is -0.303 e. The number of hydrogen-bond donors (Lipinski definition) is 1. The molecule has 142 valence electrons. The highest BCUT2D eigenvalue weighted by atomic mass is 79.9. The van der Waals surface area contributed by atoms with Gasteiger partial charge in [0.05, 0.1) is 11.0 Å². The number of carbonyl (C=O) groups is 1. The molecule has 4 rings (SSSR count). The number of halogens is 2. The summed E-state index contributed by atoms with van der Waals surface area (Å²) in [7, 11) is 0. The van der Waals surface area contributed by atoms with E-state index in [-0.39, 0.29) is 5.91 Å². The van der Waals surface area contributed by atoms with Crippen LogP contribution < -0.4 is 5.32 Å². The molecule has 0 radical (unpaired) electrons. The standard InChI is InChI=1S/C18H15BrClN7O/c19-14-11-27(10-13-4-1-2-5-15(13)20)24-17(14)22-18(28)16-6-9-26(23-16)12-25-8-3-7-21-25/h1-9,11H,10,12H2,(H,22,24,28). The van der Waals surface area contributed by atoms with Crippen molar-refractivity contribution in [2.24, 2.45) is 0 Å². The lowest BCUT2D eigenvalue weighted by Gasteiger charge is -2.04. The second kappa shape index (κ2) is 7.99. The van der Waals surface area contributed by atoms with Crippen LogP contribution in [0.3, 0.4) is 0 Å². The highest BCUT2D eigenvalue weighted by Gasteiger charge is 2.15. The van der Waals surface area contributed by atoms with Crippen molar-refractivity contribution in [1.82, 2.24) is 29.3 Å². The lowest BCUT2D eigenvalue weighted by molar-refractivity contribution is 0.102. The highest BCUT2D eigenvalue weighted by Crippen LogP contribution is 2.23. The fourth-order valence-electron chi connectivity index (χ4n) is 2.63. The molecule has 1 N–H and O–H groups in total. The van der Waals surface area contributed by atoms with Crippen molar-refractivity contribution in [2.45, 2.75) is 13.2 Å². The monoisotopic (exact) mass is 459 g/mol. The van der Waals surface area contributed by atoms with E-state index in [2.05, 4.69) is 36.5 Å². The molecule has 1 amide bonds. The zero-order valence-electron chi connectivity index (χ0n) is 14.5. The third kappa shape index (κ3) is 4.15. The van der Waals surface area contributed by atoms with E-state index in [9.17, 15) is 4.79 Å². The Bertz CT molecular complexity index is 1100. The van der Waals surface area contributed by atoms with Gasteiger partial charge in [-0.2, -0.15) is 15.3 Å². The molecule has 0 unspecified atom stereocenters. The summed E-state index contributed by atoms with van der Waals surface area (Å²) in [4.78, 5) is 12.5. The van der Waals surface area contributed by atoms with Crippen LogP contribution >= 0.6 is 27.5 Å². The van der Waals surface area contributed by atoms with E-state index < -0.39 is 0 Å². The molecule has 1 aromatic carbocycles. The van der Waals surface area contributed by atoms with Gasteiger partial charge in [0, 0.05) is 29.8 Å². The molecule has 10 heteroatoms. The van der Waals surface area contributed by atoms with Crippen LogP contribution in [0.4, 0.5) is 5.82 Å². The highest BCUT2D eigenvalue weighted by molar-refractivity contribution is 9.10. The molecule has 0 aliphatic carbocycles. The summed E-state index contributed by atoms with van der Waals surface area (Å²) >= 11 is 9.63. The van der Waals surface area contributed by atoms with Crippen LogP contribution in [0.15, 0.2) is 65.7 Å². The first-order valence-corrected chi connectivity index (χ1v) is 9.54. The summed E-state index contributed by atoms with van der Waals surface area (Å²) in [5.41, 5.74) is 1.23. The Kier molecular flexibility index (Phi) is 5.27. The van der Waals surface area contributed by atoms with Crippen LogP contribution in [-0.2, 0) is 13.2 Å². The van der Waals surface area contributed by atoms with E-state index in [0.29, 0.717) is 34.2 Å². The molecule has 0 fully saturated rings. The van der Waals surface area contributed by atoms with Gasteiger partial charge in [-0.1, -0.05) is 29.8 Å². The minimum atomic E-state index is -0.345. The molecule has 0 saturated heterocycles. The number of amides is 1. The molecular formula is C18H15BrClN7O. The quantitative estimate of drug-likeness (QED) is 0.477. The van der Waals surface area contributed by atoms with Crippen molar-refractivity contribution in [3.8, 4) is 0 Å². The summed E-state index contributed by atoms with van der Waals surface area (Å²) in [6.45, 7) is 0.920. The molecule has 3 heterocycles. The Balaban J connectivity index is 1.44. The van der Waals surface area contributed by atoms with Crippen LogP contribution in [0, 0.1) is 0 Å². The van der Waals surface area contributed by atoms with Gasteiger partial charge in [0.25, 0.3) is 5.91 Å². The fourth-order valence-corrected chi connectivity index (χ4v) is 3.24. The molecule has 0 bridgehead atoms. The largest absolute Gasteiger partial charge is 0.303 e. The first-order valence-electron chi connectivity index (χ1n) is 8.37. The number of nitrogens with zero attached hydrogens (tertiary/aromatic N) is 6. The normalized spacial score (nSPS) is 10.9. The number of rotatable bonds is 6. The topological polar surface area (TPSA) is 82.6 Å². The van der Waals surface area contributed by atoms with Gasteiger partial charge in [-0.05, 0) is 39.7 Å². The predicted molar refractivity (Wildman–Crippen MR) is 108 cm³/mol. The third-order valence-electron chi connectivity index (χ3n) is 3.96. The maximum atomic E-state index is 12.5. The van der Waals surface area contributed by atoms with E-state index in [1.54, 1.807) is 38.7 Å². The molecule has 0 spiro atoms. The van der Waals surface area contributed by atoms with Crippen molar-refractivity contribution in [2.75, 3.05) is 5.32 Å².